The van der Waals surface area contributed by atoms with Crippen LogP contribution in [-0.2, 0) is 9.53 Å². The number of halogens is 3. The van der Waals surface area contributed by atoms with Gasteiger partial charge in [-0.2, -0.15) is 0 Å². The van der Waals surface area contributed by atoms with Crippen LogP contribution in [-0.4, -0.2) is 29.1 Å². The van der Waals surface area contributed by atoms with Crippen molar-refractivity contribution in [3.63, 3.8) is 0 Å². The molecule has 1 unspecified atom stereocenters. The monoisotopic (exact) mass is 490 g/mol. The number of rotatable bonds is 8. The molecule has 0 fully saturated rings. The Morgan fingerprint density at radius 3 is 2.50 bits per heavy atom. The number of ether oxygens (including phenoxy) is 1. The van der Waals surface area contributed by atoms with E-state index in [9.17, 15) is 18.4 Å². The van der Waals surface area contributed by atoms with Crippen molar-refractivity contribution in [2.75, 3.05) is 12.4 Å². The van der Waals surface area contributed by atoms with Crippen molar-refractivity contribution in [2.24, 2.45) is 0 Å². The van der Waals surface area contributed by atoms with E-state index >= 15 is 4.39 Å². The lowest BCUT2D eigenvalue weighted by molar-refractivity contribution is -0.132. The van der Waals surface area contributed by atoms with Crippen molar-refractivity contribution in [1.29, 1.82) is 0 Å². The fraction of sp³-hybridized carbons (Fsp3) is 0.208. The lowest BCUT2D eigenvalue weighted by atomic mass is 10.0. The molecule has 0 aliphatic carbocycles. The lowest BCUT2D eigenvalue weighted by Gasteiger charge is -2.15. The van der Waals surface area contributed by atoms with Crippen LogP contribution < -0.4 is 5.32 Å². The highest BCUT2D eigenvalue weighted by molar-refractivity contribution is 7.14. The van der Waals surface area contributed by atoms with Crippen LogP contribution in [0.3, 0.4) is 0 Å². The first-order valence-corrected chi connectivity index (χ1v) is 11.0. The topological polar surface area (TPSA) is 88.5 Å². The number of amides is 1. The number of carboxylic acids is 1. The van der Waals surface area contributed by atoms with Gasteiger partial charge in [0, 0.05) is 40.3 Å². The summed E-state index contributed by atoms with van der Waals surface area (Å²) < 4.78 is 49.1. The van der Waals surface area contributed by atoms with Crippen molar-refractivity contribution in [3.8, 4) is 11.3 Å². The Morgan fingerprint density at radius 1 is 1.24 bits per heavy atom. The van der Waals surface area contributed by atoms with Crippen LogP contribution in [0.1, 0.15) is 47.9 Å². The van der Waals surface area contributed by atoms with Gasteiger partial charge in [0.25, 0.3) is 5.91 Å². The number of carbonyl (C=O) groups excluding carboxylic acids is 1. The molecule has 2 aromatic carbocycles. The SMILES string of the molecule is CCC(OC)c1cccc(-c2csc(NC(=O)c3cc(F)c(/C=C(\C)C(=O)O)c(F)c3)n2)c1F. The number of methoxy groups -OCH3 is 1. The molecule has 0 saturated heterocycles. The van der Waals surface area contributed by atoms with Crippen LogP contribution in [0.25, 0.3) is 17.3 Å². The van der Waals surface area contributed by atoms with Gasteiger partial charge in [0.15, 0.2) is 5.13 Å². The number of aliphatic carboxylic acids is 1. The van der Waals surface area contributed by atoms with Crippen LogP contribution >= 0.6 is 11.3 Å². The van der Waals surface area contributed by atoms with E-state index in [1.807, 2.05) is 6.92 Å². The number of nitrogens with zero attached hydrogens (tertiary/aromatic N) is 1. The van der Waals surface area contributed by atoms with Gasteiger partial charge in [-0.1, -0.05) is 19.1 Å². The molecule has 0 bridgehead atoms. The van der Waals surface area contributed by atoms with E-state index in [1.165, 1.54) is 14.0 Å². The number of hydrogen-bond acceptors (Lipinski definition) is 5. The van der Waals surface area contributed by atoms with E-state index in [0.29, 0.717) is 12.0 Å². The zero-order valence-corrected chi connectivity index (χ0v) is 19.3. The van der Waals surface area contributed by atoms with E-state index < -0.39 is 41.0 Å². The molecular formula is C24H21F3N2O4S. The molecule has 34 heavy (non-hydrogen) atoms. The minimum absolute atomic E-state index is 0.107. The van der Waals surface area contributed by atoms with Gasteiger partial charge in [-0.05, 0) is 37.6 Å². The maximum atomic E-state index is 15.1. The summed E-state index contributed by atoms with van der Waals surface area (Å²) in [7, 11) is 1.50. The fourth-order valence-electron chi connectivity index (χ4n) is 3.27. The summed E-state index contributed by atoms with van der Waals surface area (Å²) in [5.41, 5.74) is -0.253. The van der Waals surface area contributed by atoms with Crippen molar-refractivity contribution < 1.29 is 32.6 Å². The molecular weight excluding hydrogens is 469 g/mol. The van der Waals surface area contributed by atoms with Gasteiger partial charge < -0.3 is 9.84 Å². The van der Waals surface area contributed by atoms with Crippen molar-refractivity contribution in [1.82, 2.24) is 4.98 Å². The minimum Gasteiger partial charge on any atom is -0.478 e. The molecule has 6 nitrogen and oxygen atoms in total. The van der Waals surface area contributed by atoms with Crippen LogP contribution in [0.15, 0.2) is 41.3 Å². The van der Waals surface area contributed by atoms with Gasteiger partial charge in [0.05, 0.1) is 11.8 Å². The summed E-state index contributed by atoms with van der Waals surface area (Å²) in [5.74, 6) is -4.82. The number of hydrogen-bond donors (Lipinski definition) is 2. The van der Waals surface area contributed by atoms with Crippen molar-refractivity contribution in [2.45, 2.75) is 26.4 Å². The molecule has 0 aliphatic heterocycles. The van der Waals surface area contributed by atoms with E-state index in [2.05, 4.69) is 10.3 Å². The maximum absolute atomic E-state index is 15.1. The number of anilines is 1. The van der Waals surface area contributed by atoms with Crippen LogP contribution in [0.2, 0.25) is 0 Å². The second-order valence-electron chi connectivity index (χ2n) is 7.32. The molecule has 10 heteroatoms. The van der Waals surface area contributed by atoms with Gasteiger partial charge in [-0.3, -0.25) is 10.1 Å². The average molecular weight is 491 g/mol. The summed E-state index contributed by atoms with van der Waals surface area (Å²) in [6.45, 7) is 3.07. The molecule has 0 saturated carbocycles. The summed E-state index contributed by atoms with van der Waals surface area (Å²) in [5, 5.41) is 13.0. The maximum Gasteiger partial charge on any atom is 0.331 e. The second kappa shape index (κ2) is 10.6. The molecule has 0 spiro atoms. The Labute approximate surface area is 197 Å². The molecule has 0 aliphatic rings. The average Bonchev–Trinajstić information content (AvgIpc) is 3.25. The van der Waals surface area contributed by atoms with Gasteiger partial charge in [-0.25, -0.2) is 22.9 Å². The number of aromatic nitrogens is 1. The number of benzene rings is 2. The molecule has 1 amide bonds. The number of thiazole rings is 1. The molecule has 178 valence electrons. The molecule has 3 rings (SSSR count). The normalized spacial score (nSPS) is 12.5. The third kappa shape index (κ3) is 5.35. The van der Waals surface area contributed by atoms with E-state index in [1.54, 1.807) is 23.6 Å². The number of carbonyl (C=O) groups is 2. The van der Waals surface area contributed by atoms with Gasteiger partial charge in [0.2, 0.25) is 0 Å². The third-order valence-corrected chi connectivity index (χ3v) is 5.83. The summed E-state index contributed by atoms with van der Waals surface area (Å²) in [6.07, 6.45) is 1.00. The molecule has 3 aromatic rings. The Morgan fingerprint density at radius 2 is 1.91 bits per heavy atom. The summed E-state index contributed by atoms with van der Waals surface area (Å²) in [6, 6.07) is 6.46. The molecule has 0 radical (unpaired) electrons. The number of nitrogens with one attached hydrogen (secondary N) is 1. The van der Waals surface area contributed by atoms with Gasteiger partial charge in [0.1, 0.15) is 17.5 Å². The minimum atomic E-state index is -1.32. The van der Waals surface area contributed by atoms with E-state index in [-0.39, 0.29) is 27.5 Å². The van der Waals surface area contributed by atoms with Crippen LogP contribution in [0.4, 0.5) is 18.3 Å². The van der Waals surface area contributed by atoms with E-state index in [4.69, 9.17) is 9.84 Å². The van der Waals surface area contributed by atoms with Gasteiger partial charge in [-0.15, -0.1) is 11.3 Å². The molecule has 1 heterocycles. The largest absolute Gasteiger partial charge is 0.478 e. The van der Waals surface area contributed by atoms with E-state index in [0.717, 1.165) is 29.5 Å². The zero-order chi connectivity index (χ0) is 25.0. The third-order valence-electron chi connectivity index (χ3n) is 5.07. The van der Waals surface area contributed by atoms with Crippen molar-refractivity contribution >= 4 is 34.4 Å². The standard InChI is InChI=1S/C24H21F3N2O4S/c1-4-20(33-3)15-7-5-6-14(21(15)27)19-11-34-24(28-19)29-22(30)13-9-17(25)16(18(26)10-13)8-12(2)23(31)32/h5-11,20H,4H2,1-3H3,(H,31,32)(H,28,29,30)/b12-8+. The zero-order valence-electron chi connectivity index (χ0n) is 18.5. The Kier molecular flexibility index (Phi) is 7.85. The first-order chi connectivity index (χ1) is 16.2. The predicted molar refractivity (Wildman–Crippen MR) is 123 cm³/mol. The van der Waals surface area contributed by atoms with Crippen molar-refractivity contribution in [3.05, 3.63) is 75.4 Å². The quantitative estimate of drug-likeness (QED) is 0.375. The highest BCUT2D eigenvalue weighted by Crippen LogP contribution is 2.32. The lowest BCUT2D eigenvalue weighted by Crippen LogP contribution is -2.13. The highest BCUT2D eigenvalue weighted by atomic mass is 32.1. The molecule has 1 aromatic heterocycles. The Bertz CT molecular complexity index is 1250. The van der Waals surface area contributed by atoms with Crippen LogP contribution in [0, 0.1) is 17.5 Å². The second-order valence-corrected chi connectivity index (χ2v) is 8.18. The molecule has 2 N–H and O–H groups in total. The fourth-order valence-corrected chi connectivity index (χ4v) is 3.97. The summed E-state index contributed by atoms with van der Waals surface area (Å²) >= 11 is 1.02. The summed E-state index contributed by atoms with van der Waals surface area (Å²) in [4.78, 5) is 27.6. The first kappa shape index (κ1) is 25.1. The van der Waals surface area contributed by atoms with Gasteiger partial charge >= 0.3 is 5.97 Å². The molecule has 1 atom stereocenters. The smallest absolute Gasteiger partial charge is 0.331 e. The highest BCUT2D eigenvalue weighted by Gasteiger charge is 2.20. The predicted octanol–water partition coefficient (Wildman–Crippen LogP) is 6.07. The number of carboxylic acid groups (broad SMARTS) is 1. The first-order valence-electron chi connectivity index (χ1n) is 10.1. The Hall–Kier alpha value is -3.50. The Balaban J connectivity index is 1.84. The van der Waals surface area contributed by atoms with Crippen LogP contribution in [0.5, 0.6) is 0 Å².